The largest absolute Gasteiger partial charge is 0.452 e. The molecule has 26 heavy (non-hydrogen) atoms. The van der Waals surface area contributed by atoms with Crippen LogP contribution in [-0.2, 0) is 14.3 Å². The molecule has 1 fully saturated rings. The molecule has 0 saturated carbocycles. The van der Waals surface area contributed by atoms with Crippen molar-refractivity contribution in [3.63, 3.8) is 0 Å². The van der Waals surface area contributed by atoms with Crippen molar-refractivity contribution >= 4 is 5.97 Å². The minimum absolute atomic E-state index is 0.0485. The summed E-state index contributed by atoms with van der Waals surface area (Å²) >= 11 is 0. The number of hydrogen-bond acceptors (Lipinski definition) is 4. The number of halogens is 8. The van der Waals surface area contributed by atoms with E-state index in [4.69, 9.17) is 0 Å². The molecule has 0 aliphatic carbocycles. The molecule has 0 bridgehead atoms. The van der Waals surface area contributed by atoms with Crippen LogP contribution in [0.3, 0.4) is 0 Å². The number of alkyl halides is 8. The van der Waals surface area contributed by atoms with E-state index in [0.29, 0.717) is 0 Å². The monoisotopic (exact) mass is 402 g/mol. The minimum Gasteiger partial charge on any atom is -0.452 e. The van der Waals surface area contributed by atoms with Gasteiger partial charge in [-0.15, -0.1) is 0 Å². The highest BCUT2D eigenvalue weighted by Gasteiger charge is 2.83. The Hall–Kier alpha value is -1.17. The van der Waals surface area contributed by atoms with Gasteiger partial charge in [-0.3, -0.25) is 4.79 Å². The van der Waals surface area contributed by atoms with E-state index in [-0.39, 0.29) is 6.42 Å². The van der Waals surface area contributed by atoms with Crippen LogP contribution >= 0.6 is 0 Å². The van der Waals surface area contributed by atoms with Crippen molar-refractivity contribution in [2.75, 3.05) is 0 Å². The standard InChI is InChI=1S/C14H18F8O4/c1-4-7(3)9(23)26-10(5-2)6-8(11(15,16)17)25-13(24,12(10,18)19)14(20,21)22/h7-8,24H,4-6H2,1-3H3. The molecule has 1 saturated heterocycles. The van der Waals surface area contributed by atoms with Crippen LogP contribution in [0.2, 0.25) is 0 Å². The average molecular weight is 402 g/mol. The zero-order valence-electron chi connectivity index (χ0n) is 14.0. The predicted molar refractivity (Wildman–Crippen MR) is 70.1 cm³/mol. The number of aliphatic hydroxyl groups is 1. The molecular weight excluding hydrogens is 384 g/mol. The van der Waals surface area contributed by atoms with E-state index < -0.39 is 60.5 Å². The molecule has 1 aliphatic rings. The quantitative estimate of drug-likeness (QED) is 0.571. The highest BCUT2D eigenvalue weighted by Crippen LogP contribution is 2.58. The lowest BCUT2D eigenvalue weighted by Crippen LogP contribution is -2.76. The van der Waals surface area contributed by atoms with Crippen LogP contribution in [0, 0.1) is 5.92 Å². The Kier molecular flexibility index (Phi) is 5.96. The van der Waals surface area contributed by atoms with Gasteiger partial charge in [0.05, 0.1) is 5.92 Å². The van der Waals surface area contributed by atoms with Crippen LogP contribution < -0.4 is 0 Å². The summed E-state index contributed by atoms with van der Waals surface area (Å²) in [5, 5.41) is 9.46. The van der Waals surface area contributed by atoms with Gasteiger partial charge in [-0.25, -0.2) is 0 Å². The summed E-state index contributed by atoms with van der Waals surface area (Å²) in [4.78, 5) is 11.9. The van der Waals surface area contributed by atoms with E-state index in [1.165, 1.54) is 13.8 Å². The molecule has 1 heterocycles. The molecule has 4 unspecified atom stereocenters. The highest BCUT2D eigenvalue weighted by molar-refractivity contribution is 5.72. The first-order chi connectivity index (χ1) is 11.5. The van der Waals surface area contributed by atoms with Gasteiger partial charge in [0.15, 0.2) is 11.7 Å². The lowest BCUT2D eigenvalue weighted by molar-refractivity contribution is -0.497. The second-order valence-electron chi connectivity index (χ2n) is 6.15. The van der Waals surface area contributed by atoms with Crippen molar-refractivity contribution in [3.8, 4) is 0 Å². The number of rotatable bonds is 4. The maximum atomic E-state index is 14.6. The lowest BCUT2D eigenvalue weighted by Gasteiger charge is -2.52. The Balaban J connectivity index is 3.56. The molecule has 1 N–H and O–H groups in total. The first-order valence-corrected chi connectivity index (χ1v) is 7.63. The molecule has 154 valence electrons. The topological polar surface area (TPSA) is 55.8 Å². The third kappa shape index (κ3) is 3.49. The zero-order valence-corrected chi connectivity index (χ0v) is 14.0. The average Bonchev–Trinajstić information content (AvgIpc) is 2.48. The normalized spacial score (nSPS) is 33.6. The Morgan fingerprint density at radius 3 is 2.08 bits per heavy atom. The Morgan fingerprint density at radius 2 is 1.73 bits per heavy atom. The van der Waals surface area contributed by atoms with Crippen molar-refractivity contribution in [1.82, 2.24) is 0 Å². The molecule has 0 aromatic rings. The lowest BCUT2D eigenvalue weighted by atomic mass is 9.78. The summed E-state index contributed by atoms with van der Waals surface area (Å²) in [7, 11) is 0. The Labute approximate surface area is 143 Å². The van der Waals surface area contributed by atoms with Crippen LogP contribution in [-0.4, -0.2) is 46.8 Å². The van der Waals surface area contributed by atoms with Gasteiger partial charge < -0.3 is 14.6 Å². The molecule has 4 atom stereocenters. The van der Waals surface area contributed by atoms with Gasteiger partial charge in [0.2, 0.25) is 0 Å². The van der Waals surface area contributed by atoms with Gasteiger partial charge in [-0.2, -0.15) is 35.1 Å². The van der Waals surface area contributed by atoms with Crippen molar-refractivity contribution in [2.24, 2.45) is 5.92 Å². The smallest absolute Gasteiger partial charge is 0.449 e. The van der Waals surface area contributed by atoms with Gasteiger partial charge >= 0.3 is 30.0 Å². The molecule has 12 heteroatoms. The van der Waals surface area contributed by atoms with Crippen LogP contribution in [0.25, 0.3) is 0 Å². The van der Waals surface area contributed by atoms with Gasteiger partial charge in [0, 0.05) is 6.42 Å². The van der Waals surface area contributed by atoms with Crippen LogP contribution in [0.4, 0.5) is 35.1 Å². The molecule has 4 nitrogen and oxygen atoms in total. The fourth-order valence-corrected chi connectivity index (χ4v) is 2.49. The number of carbonyl (C=O) groups excluding carboxylic acids is 1. The minimum atomic E-state index is -6.29. The van der Waals surface area contributed by atoms with Crippen molar-refractivity contribution in [2.45, 2.75) is 75.8 Å². The van der Waals surface area contributed by atoms with E-state index in [1.54, 1.807) is 0 Å². The molecule has 0 radical (unpaired) electrons. The van der Waals surface area contributed by atoms with Crippen molar-refractivity contribution in [1.29, 1.82) is 0 Å². The number of esters is 1. The number of hydrogen-bond donors (Lipinski definition) is 1. The number of ether oxygens (including phenoxy) is 2. The molecule has 1 aliphatic heterocycles. The summed E-state index contributed by atoms with van der Waals surface area (Å²) in [6, 6.07) is 0. The molecule has 0 aromatic heterocycles. The first-order valence-electron chi connectivity index (χ1n) is 7.63. The van der Waals surface area contributed by atoms with E-state index in [1.807, 2.05) is 0 Å². The third-order valence-corrected chi connectivity index (χ3v) is 4.46. The van der Waals surface area contributed by atoms with E-state index >= 15 is 0 Å². The van der Waals surface area contributed by atoms with Gasteiger partial charge in [-0.1, -0.05) is 20.8 Å². The first kappa shape index (κ1) is 22.9. The van der Waals surface area contributed by atoms with Crippen LogP contribution in [0.5, 0.6) is 0 Å². The highest BCUT2D eigenvalue weighted by atomic mass is 19.4. The zero-order chi connectivity index (χ0) is 20.8. The van der Waals surface area contributed by atoms with E-state index in [2.05, 4.69) is 9.47 Å². The summed E-state index contributed by atoms with van der Waals surface area (Å²) in [5.74, 6) is -13.3. The molecule has 0 spiro atoms. The summed E-state index contributed by atoms with van der Waals surface area (Å²) in [6.07, 6.45) is -18.1. The van der Waals surface area contributed by atoms with Crippen molar-refractivity contribution < 1.29 is 54.5 Å². The van der Waals surface area contributed by atoms with Gasteiger partial charge in [-0.05, 0) is 12.8 Å². The molecule has 0 aromatic carbocycles. The van der Waals surface area contributed by atoms with Crippen LogP contribution in [0.15, 0.2) is 0 Å². The third-order valence-electron chi connectivity index (χ3n) is 4.46. The molecular formula is C14H18F8O4. The Morgan fingerprint density at radius 1 is 1.23 bits per heavy atom. The summed E-state index contributed by atoms with van der Waals surface area (Å²) < 4.78 is 115. The SMILES string of the molecule is CCC(C)C(=O)OC1(CC)CC(C(F)(F)F)OC(O)(C(F)(F)F)C1(F)F. The van der Waals surface area contributed by atoms with Crippen molar-refractivity contribution in [3.05, 3.63) is 0 Å². The number of carbonyl (C=O) groups is 1. The fourth-order valence-electron chi connectivity index (χ4n) is 2.49. The van der Waals surface area contributed by atoms with Crippen LogP contribution in [0.1, 0.15) is 40.0 Å². The second-order valence-corrected chi connectivity index (χ2v) is 6.15. The maximum absolute atomic E-state index is 14.6. The summed E-state index contributed by atoms with van der Waals surface area (Å²) in [6.45, 7) is 3.48. The fraction of sp³-hybridized carbons (Fsp3) is 0.929. The summed E-state index contributed by atoms with van der Waals surface area (Å²) in [5.41, 5.74) is -3.56. The Bertz CT molecular complexity index is 532. The van der Waals surface area contributed by atoms with E-state index in [0.717, 1.165) is 6.92 Å². The van der Waals surface area contributed by atoms with E-state index in [9.17, 15) is 45.0 Å². The molecule has 1 rings (SSSR count). The second kappa shape index (κ2) is 6.77. The van der Waals surface area contributed by atoms with Gasteiger partial charge in [0.25, 0.3) is 0 Å². The molecule has 0 amide bonds. The maximum Gasteiger partial charge on any atom is 0.449 e. The van der Waals surface area contributed by atoms with Gasteiger partial charge in [0.1, 0.15) is 0 Å². The predicted octanol–water partition coefficient (Wildman–Crippen LogP) is 3.96.